The van der Waals surface area contributed by atoms with Crippen molar-refractivity contribution in [3.63, 3.8) is 0 Å². The second-order valence-electron chi connectivity index (χ2n) is 4.29. The first-order chi connectivity index (χ1) is 8.00. The Balaban J connectivity index is 2.43. The van der Waals surface area contributed by atoms with E-state index in [9.17, 15) is 13.6 Å². The molecule has 1 aromatic rings. The maximum Gasteiger partial charge on any atom is 0.304 e. The van der Waals surface area contributed by atoms with E-state index in [0.717, 1.165) is 11.8 Å². The van der Waals surface area contributed by atoms with Crippen LogP contribution in [-0.2, 0) is 10.2 Å². The molecule has 5 heteroatoms. The molecule has 0 aromatic heterocycles. The quantitative estimate of drug-likeness (QED) is 0.843. The Kier molecular flexibility index (Phi) is 3.12. The molecule has 2 rings (SSSR count). The first-order valence-electron chi connectivity index (χ1n) is 5.24. The lowest BCUT2D eigenvalue weighted by atomic mass is 9.92. The van der Waals surface area contributed by atoms with Gasteiger partial charge in [-0.05, 0) is 30.7 Å². The monoisotopic (exact) mass is 258 g/mol. The van der Waals surface area contributed by atoms with Crippen LogP contribution in [0.3, 0.4) is 0 Å². The van der Waals surface area contributed by atoms with E-state index in [-0.39, 0.29) is 11.3 Å². The lowest BCUT2D eigenvalue weighted by Gasteiger charge is -2.16. The minimum atomic E-state index is -0.947. The van der Waals surface area contributed by atoms with Crippen LogP contribution in [-0.4, -0.2) is 17.3 Å². The van der Waals surface area contributed by atoms with Crippen molar-refractivity contribution in [2.24, 2.45) is 0 Å². The summed E-state index contributed by atoms with van der Waals surface area (Å²) in [5.41, 5.74) is -0.278. The Bertz CT molecular complexity index is 470. The van der Waals surface area contributed by atoms with Crippen LogP contribution in [0.15, 0.2) is 17.0 Å². The first kappa shape index (κ1) is 12.4. The first-order valence-corrected chi connectivity index (χ1v) is 6.47. The highest BCUT2D eigenvalue weighted by Gasteiger charge is 2.48. The van der Waals surface area contributed by atoms with Crippen LogP contribution >= 0.6 is 11.8 Å². The van der Waals surface area contributed by atoms with E-state index < -0.39 is 23.0 Å². The van der Waals surface area contributed by atoms with Gasteiger partial charge in [-0.25, -0.2) is 8.78 Å². The molecule has 0 unspecified atom stereocenters. The van der Waals surface area contributed by atoms with Crippen molar-refractivity contribution in [2.75, 3.05) is 6.26 Å². The molecule has 1 aliphatic rings. The van der Waals surface area contributed by atoms with Gasteiger partial charge in [-0.15, -0.1) is 11.8 Å². The molecule has 0 atom stereocenters. The van der Waals surface area contributed by atoms with E-state index in [1.165, 1.54) is 12.1 Å². The number of hydrogen-bond acceptors (Lipinski definition) is 2. The lowest BCUT2D eigenvalue weighted by Crippen LogP contribution is -2.15. The number of benzene rings is 1. The van der Waals surface area contributed by atoms with Crippen molar-refractivity contribution in [3.05, 3.63) is 29.3 Å². The summed E-state index contributed by atoms with van der Waals surface area (Å²) in [6, 6.07) is 2.59. The van der Waals surface area contributed by atoms with E-state index in [1.54, 1.807) is 6.26 Å². The van der Waals surface area contributed by atoms with Crippen LogP contribution in [0.5, 0.6) is 0 Å². The molecule has 1 N–H and O–H groups in total. The zero-order chi connectivity index (χ0) is 12.6. The number of thioether (sulfide) groups is 1. The van der Waals surface area contributed by atoms with E-state index in [4.69, 9.17) is 5.11 Å². The van der Waals surface area contributed by atoms with Crippen LogP contribution < -0.4 is 0 Å². The molecule has 92 valence electrons. The molecule has 0 spiro atoms. The van der Waals surface area contributed by atoms with Gasteiger partial charge in [0.15, 0.2) is 0 Å². The van der Waals surface area contributed by atoms with Gasteiger partial charge < -0.3 is 5.11 Å². The van der Waals surface area contributed by atoms with Gasteiger partial charge in [0.25, 0.3) is 0 Å². The molecular formula is C12H12F2O2S. The third kappa shape index (κ3) is 2.16. The third-order valence-corrected chi connectivity index (χ3v) is 3.95. The van der Waals surface area contributed by atoms with Gasteiger partial charge in [0.1, 0.15) is 11.6 Å². The Hall–Kier alpha value is -1.10. The molecule has 0 amide bonds. The summed E-state index contributed by atoms with van der Waals surface area (Å²) in [4.78, 5) is 10.7. The highest BCUT2D eigenvalue weighted by molar-refractivity contribution is 7.98. The molecule has 0 saturated heterocycles. The molecule has 17 heavy (non-hydrogen) atoms. The van der Waals surface area contributed by atoms with Crippen molar-refractivity contribution < 1.29 is 18.7 Å². The summed E-state index contributed by atoms with van der Waals surface area (Å²) >= 11 is 1.00. The second-order valence-corrected chi connectivity index (χ2v) is 5.11. The maximum absolute atomic E-state index is 14.1. The fourth-order valence-corrected chi connectivity index (χ4v) is 2.66. The maximum atomic E-state index is 14.1. The van der Waals surface area contributed by atoms with Crippen molar-refractivity contribution in [1.82, 2.24) is 0 Å². The minimum absolute atomic E-state index is 0.0286. The molecule has 2 nitrogen and oxygen atoms in total. The van der Waals surface area contributed by atoms with Crippen LogP contribution in [0.4, 0.5) is 8.78 Å². The van der Waals surface area contributed by atoms with Crippen molar-refractivity contribution in [1.29, 1.82) is 0 Å². The van der Waals surface area contributed by atoms with E-state index in [1.807, 2.05) is 0 Å². The average Bonchev–Trinajstić information content (AvgIpc) is 2.98. The number of carbonyl (C=O) groups is 1. The molecule has 0 radical (unpaired) electrons. The van der Waals surface area contributed by atoms with E-state index >= 15 is 0 Å². The molecule has 0 aliphatic heterocycles. The van der Waals surface area contributed by atoms with Gasteiger partial charge in [-0.3, -0.25) is 4.79 Å². The third-order valence-electron chi connectivity index (χ3n) is 3.17. The van der Waals surface area contributed by atoms with Crippen LogP contribution in [0, 0.1) is 11.6 Å². The molecule has 1 fully saturated rings. The molecule has 0 heterocycles. The summed E-state index contributed by atoms with van der Waals surface area (Å²) in [5, 5.41) is 8.82. The normalized spacial score (nSPS) is 16.9. The molecular weight excluding hydrogens is 246 g/mol. The van der Waals surface area contributed by atoms with E-state index in [0.29, 0.717) is 18.4 Å². The highest BCUT2D eigenvalue weighted by atomic mass is 32.2. The number of hydrogen-bond donors (Lipinski definition) is 1. The Morgan fingerprint density at radius 3 is 2.59 bits per heavy atom. The average molecular weight is 258 g/mol. The van der Waals surface area contributed by atoms with Crippen LogP contribution in [0.2, 0.25) is 0 Å². The topological polar surface area (TPSA) is 37.3 Å². The SMILES string of the molecule is CSc1c(F)ccc(C2(CC(=O)O)CC2)c1F. The molecule has 1 aromatic carbocycles. The molecule has 1 saturated carbocycles. The standard InChI is InChI=1S/C12H12F2O2S/c1-17-11-8(13)3-2-7(10(11)14)12(4-5-12)6-9(15)16/h2-3H,4-6H2,1H3,(H,15,16). The summed E-state index contributed by atoms with van der Waals surface area (Å²) in [6.07, 6.45) is 2.80. The minimum Gasteiger partial charge on any atom is -0.481 e. The Labute approximate surface area is 102 Å². The van der Waals surface area contributed by atoms with Gasteiger partial charge in [-0.2, -0.15) is 0 Å². The zero-order valence-electron chi connectivity index (χ0n) is 9.30. The van der Waals surface area contributed by atoms with Crippen molar-refractivity contribution >= 4 is 17.7 Å². The van der Waals surface area contributed by atoms with Gasteiger partial charge in [0.05, 0.1) is 11.3 Å². The number of carboxylic acid groups (broad SMARTS) is 1. The van der Waals surface area contributed by atoms with Gasteiger partial charge in [0, 0.05) is 5.41 Å². The summed E-state index contributed by atoms with van der Waals surface area (Å²) < 4.78 is 27.4. The smallest absolute Gasteiger partial charge is 0.304 e. The zero-order valence-corrected chi connectivity index (χ0v) is 10.1. The predicted molar refractivity (Wildman–Crippen MR) is 61.3 cm³/mol. The van der Waals surface area contributed by atoms with Crippen LogP contribution in [0.1, 0.15) is 24.8 Å². The van der Waals surface area contributed by atoms with Gasteiger partial charge in [-0.1, -0.05) is 6.07 Å². The van der Waals surface area contributed by atoms with Crippen LogP contribution in [0.25, 0.3) is 0 Å². The number of rotatable bonds is 4. The number of aliphatic carboxylic acids is 1. The van der Waals surface area contributed by atoms with E-state index in [2.05, 4.69) is 0 Å². The number of carboxylic acids is 1. The molecule has 1 aliphatic carbocycles. The largest absolute Gasteiger partial charge is 0.481 e. The van der Waals surface area contributed by atoms with Crippen molar-refractivity contribution in [3.8, 4) is 0 Å². The second kappa shape index (κ2) is 4.29. The van der Waals surface area contributed by atoms with Gasteiger partial charge >= 0.3 is 5.97 Å². The molecule has 0 bridgehead atoms. The Morgan fingerprint density at radius 1 is 1.47 bits per heavy atom. The fraction of sp³-hybridized carbons (Fsp3) is 0.417. The fourth-order valence-electron chi connectivity index (χ4n) is 2.11. The summed E-state index contributed by atoms with van der Waals surface area (Å²) in [5.74, 6) is -2.14. The summed E-state index contributed by atoms with van der Waals surface area (Å²) in [6.45, 7) is 0. The lowest BCUT2D eigenvalue weighted by molar-refractivity contribution is -0.137. The summed E-state index contributed by atoms with van der Waals surface area (Å²) in [7, 11) is 0. The Morgan fingerprint density at radius 2 is 2.12 bits per heavy atom. The highest BCUT2D eigenvalue weighted by Crippen LogP contribution is 2.52. The van der Waals surface area contributed by atoms with Gasteiger partial charge in [0.2, 0.25) is 0 Å². The van der Waals surface area contributed by atoms with Crippen molar-refractivity contribution in [2.45, 2.75) is 29.6 Å². The number of halogens is 2. The predicted octanol–water partition coefficient (Wildman–Crippen LogP) is 3.19.